The van der Waals surface area contributed by atoms with Crippen molar-refractivity contribution in [3.05, 3.63) is 64.3 Å². The lowest BCUT2D eigenvalue weighted by atomic mass is 10.2. The van der Waals surface area contributed by atoms with E-state index in [0.717, 1.165) is 0 Å². The monoisotopic (exact) mass is 339 g/mol. The van der Waals surface area contributed by atoms with E-state index < -0.39 is 0 Å². The Kier molecular flexibility index (Phi) is 3.53. The smallest absolute Gasteiger partial charge is 0.263 e. The third-order valence-electron chi connectivity index (χ3n) is 3.88. The van der Waals surface area contributed by atoms with Crippen molar-refractivity contribution in [2.24, 2.45) is 0 Å². The largest absolute Gasteiger partial charge is 0.352 e. The Bertz CT molecular complexity index is 1110. The van der Waals surface area contributed by atoms with Crippen LogP contribution in [0, 0.1) is 12.7 Å². The molecule has 0 radical (unpaired) electrons. The van der Waals surface area contributed by atoms with Crippen molar-refractivity contribution in [2.45, 2.75) is 13.5 Å². The van der Waals surface area contributed by atoms with E-state index in [4.69, 9.17) is 0 Å². The summed E-state index contributed by atoms with van der Waals surface area (Å²) in [6.45, 7) is 2.12. The third-order valence-corrected chi connectivity index (χ3v) is 3.88. The van der Waals surface area contributed by atoms with Crippen LogP contribution in [0.15, 0.2) is 41.6 Å². The summed E-state index contributed by atoms with van der Waals surface area (Å²) in [7, 11) is 0. The Balaban J connectivity index is 1.55. The molecule has 4 rings (SSSR count). The Morgan fingerprint density at radius 3 is 3.00 bits per heavy atom. The molecule has 0 fully saturated rings. The first-order valence-corrected chi connectivity index (χ1v) is 7.58. The van der Waals surface area contributed by atoms with Crippen molar-refractivity contribution < 1.29 is 4.39 Å². The number of fused-ring (bicyclic) bond motifs is 1. The minimum Gasteiger partial charge on any atom is -0.352 e. The quantitative estimate of drug-likeness (QED) is 0.527. The SMILES string of the molecule is Cc1nccn1-c1ccc(CNc2nc3[nH]ncc3c(=O)[nH]2)cc1F. The molecular weight excluding hydrogens is 325 g/mol. The molecule has 0 aliphatic carbocycles. The van der Waals surface area contributed by atoms with Crippen molar-refractivity contribution in [3.63, 3.8) is 0 Å². The zero-order valence-corrected chi connectivity index (χ0v) is 13.2. The van der Waals surface area contributed by atoms with Crippen LogP contribution in [0.3, 0.4) is 0 Å². The molecule has 25 heavy (non-hydrogen) atoms. The van der Waals surface area contributed by atoms with E-state index in [-0.39, 0.29) is 17.3 Å². The van der Waals surface area contributed by atoms with Crippen molar-refractivity contribution in [1.29, 1.82) is 0 Å². The summed E-state index contributed by atoms with van der Waals surface area (Å²) in [5.41, 5.74) is 1.25. The van der Waals surface area contributed by atoms with E-state index in [1.807, 2.05) is 6.92 Å². The van der Waals surface area contributed by atoms with Gasteiger partial charge in [-0.15, -0.1) is 0 Å². The average molecular weight is 339 g/mol. The molecule has 9 heteroatoms. The van der Waals surface area contributed by atoms with Crippen LogP contribution in [0.25, 0.3) is 16.7 Å². The molecule has 0 amide bonds. The second-order valence-electron chi connectivity index (χ2n) is 5.53. The van der Waals surface area contributed by atoms with Crippen LogP contribution < -0.4 is 10.9 Å². The Morgan fingerprint density at radius 1 is 1.36 bits per heavy atom. The first-order chi connectivity index (χ1) is 12.1. The summed E-state index contributed by atoms with van der Waals surface area (Å²) in [5, 5.41) is 9.79. The fraction of sp³-hybridized carbons (Fsp3) is 0.125. The van der Waals surface area contributed by atoms with Gasteiger partial charge in [-0.05, 0) is 24.6 Å². The summed E-state index contributed by atoms with van der Waals surface area (Å²) in [5.74, 6) is 0.641. The maximum absolute atomic E-state index is 14.4. The second kappa shape index (κ2) is 5.86. The van der Waals surface area contributed by atoms with Gasteiger partial charge < -0.3 is 9.88 Å². The molecule has 0 saturated heterocycles. The molecule has 3 heterocycles. The van der Waals surface area contributed by atoms with E-state index in [1.54, 1.807) is 29.1 Å². The molecule has 0 saturated carbocycles. The van der Waals surface area contributed by atoms with Gasteiger partial charge in [-0.25, -0.2) is 9.37 Å². The summed E-state index contributed by atoms with van der Waals surface area (Å²) in [4.78, 5) is 22.8. The molecule has 0 aliphatic rings. The Labute approximate surface area is 140 Å². The van der Waals surface area contributed by atoms with Crippen LogP contribution in [-0.2, 0) is 6.54 Å². The van der Waals surface area contributed by atoms with Gasteiger partial charge in [0.05, 0.1) is 11.9 Å². The van der Waals surface area contributed by atoms with Gasteiger partial charge in [-0.2, -0.15) is 10.1 Å². The molecule has 0 atom stereocenters. The van der Waals surface area contributed by atoms with Crippen molar-refractivity contribution in [2.75, 3.05) is 5.32 Å². The fourth-order valence-corrected chi connectivity index (χ4v) is 2.60. The lowest BCUT2D eigenvalue weighted by Crippen LogP contribution is -2.12. The van der Waals surface area contributed by atoms with Gasteiger partial charge in [-0.1, -0.05) is 6.07 Å². The number of hydrogen-bond acceptors (Lipinski definition) is 5. The van der Waals surface area contributed by atoms with Crippen LogP contribution >= 0.6 is 0 Å². The highest BCUT2D eigenvalue weighted by Crippen LogP contribution is 2.17. The zero-order chi connectivity index (χ0) is 17.4. The highest BCUT2D eigenvalue weighted by atomic mass is 19.1. The van der Waals surface area contributed by atoms with Crippen LogP contribution in [0.2, 0.25) is 0 Å². The first kappa shape index (κ1) is 15.1. The lowest BCUT2D eigenvalue weighted by molar-refractivity contribution is 0.614. The van der Waals surface area contributed by atoms with Crippen LogP contribution in [0.4, 0.5) is 10.3 Å². The zero-order valence-electron chi connectivity index (χ0n) is 13.2. The van der Waals surface area contributed by atoms with E-state index in [1.165, 1.54) is 12.3 Å². The second-order valence-corrected chi connectivity index (χ2v) is 5.53. The number of H-pyrrole nitrogens is 2. The highest BCUT2D eigenvalue weighted by Gasteiger charge is 2.09. The van der Waals surface area contributed by atoms with Gasteiger partial charge in [0.2, 0.25) is 5.95 Å². The molecule has 0 unspecified atom stereocenters. The number of aryl methyl sites for hydroxylation is 1. The average Bonchev–Trinajstić information content (AvgIpc) is 3.22. The van der Waals surface area contributed by atoms with Crippen molar-refractivity contribution >= 4 is 17.0 Å². The maximum Gasteiger partial charge on any atom is 0.263 e. The van der Waals surface area contributed by atoms with E-state index in [2.05, 4.69) is 30.5 Å². The van der Waals surface area contributed by atoms with Gasteiger partial charge in [0, 0.05) is 18.9 Å². The minimum atomic E-state index is -0.356. The standard InChI is InChI=1S/C16H14FN7O/c1-9-18-4-5-24(9)13-3-2-10(6-12(13)17)7-19-16-21-14-11(8-20-23-14)15(25)22-16/h2-6,8H,7H2,1H3,(H3,19,20,21,22,23,25). The van der Waals surface area contributed by atoms with Gasteiger partial charge in [-0.3, -0.25) is 14.9 Å². The molecule has 8 nitrogen and oxygen atoms in total. The molecule has 0 aliphatic heterocycles. The highest BCUT2D eigenvalue weighted by molar-refractivity contribution is 5.73. The molecule has 3 aromatic heterocycles. The predicted molar refractivity (Wildman–Crippen MR) is 90.1 cm³/mol. The molecule has 0 spiro atoms. The van der Waals surface area contributed by atoms with Gasteiger partial charge in [0.25, 0.3) is 5.56 Å². The van der Waals surface area contributed by atoms with Crippen molar-refractivity contribution in [3.8, 4) is 5.69 Å². The van der Waals surface area contributed by atoms with E-state index in [0.29, 0.717) is 34.7 Å². The van der Waals surface area contributed by atoms with Gasteiger partial charge >= 0.3 is 0 Å². The number of aromatic nitrogens is 6. The molecule has 126 valence electrons. The summed E-state index contributed by atoms with van der Waals surface area (Å²) >= 11 is 0. The lowest BCUT2D eigenvalue weighted by Gasteiger charge is -2.09. The van der Waals surface area contributed by atoms with Crippen LogP contribution in [0.5, 0.6) is 0 Å². The molecule has 1 aromatic carbocycles. The molecule has 0 bridgehead atoms. The number of anilines is 1. The summed E-state index contributed by atoms with van der Waals surface area (Å²) in [6, 6.07) is 4.93. The third kappa shape index (κ3) is 2.75. The van der Waals surface area contributed by atoms with Crippen LogP contribution in [-0.4, -0.2) is 29.7 Å². The number of hydrogen-bond donors (Lipinski definition) is 3. The number of halogens is 1. The normalized spacial score (nSPS) is 11.1. The maximum atomic E-state index is 14.4. The number of nitrogens with zero attached hydrogens (tertiary/aromatic N) is 4. The number of imidazole rings is 1. The Hall–Kier alpha value is -3.49. The minimum absolute atomic E-state index is 0.289. The predicted octanol–water partition coefficient (Wildman–Crippen LogP) is 1.89. The van der Waals surface area contributed by atoms with Gasteiger partial charge in [0.15, 0.2) is 5.65 Å². The fourth-order valence-electron chi connectivity index (χ4n) is 2.60. The first-order valence-electron chi connectivity index (χ1n) is 7.58. The van der Waals surface area contributed by atoms with Crippen molar-refractivity contribution in [1.82, 2.24) is 29.7 Å². The number of benzene rings is 1. The van der Waals surface area contributed by atoms with E-state index >= 15 is 0 Å². The van der Waals surface area contributed by atoms with E-state index in [9.17, 15) is 9.18 Å². The molecular formula is C16H14FN7O. The molecule has 4 aromatic rings. The topological polar surface area (TPSA) is 104 Å². The van der Waals surface area contributed by atoms with Crippen LogP contribution in [0.1, 0.15) is 11.4 Å². The number of rotatable bonds is 4. The summed E-state index contributed by atoms with van der Waals surface area (Å²) < 4.78 is 16.1. The summed E-state index contributed by atoms with van der Waals surface area (Å²) in [6.07, 6.45) is 4.74. The van der Waals surface area contributed by atoms with Gasteiger partial charge in [0.1, 0.15) is 17.0 Å². The molecule has 3 N–H and O–H groups in total. The Morgan fingerprint density at radius 2 is 2.24 bits per heavy atom. The number of nitrogens with one attached hydrogen (secondary N) is 3. The number of aromatic amines is 2.